The third kappa shape index (κ3) is 6.94. The van der Waals surface area contributed by atoms with Gasteiger partial charge in [-0.05, 0) is 54.3 Å². The summed E-state index contributed by atoms with van der Waals surface area (Å²) in [4.78, 5) is 30.8. The number of hydrogen-bond acceptors (Lipinski definition) is 6. The van der Waals surface area contributed by atoms with Gasteiger partial charge in [-0.2, -0.15) is 41.8 Å². The molecule has 3 heterocycles. The highest BCUT2D eigenvalue weighted by Gasteiger charge is 2.37. The summed E-state index contributed by atoms with van der Waals surface area (Å²) in [7, 11) is 0. The van der Waals surface area contributed by atoms with Gasteiger partial charge in [0.2, 0.25) is 5.91 Å². The first-order chi connectivity index (χ1) is 19.9. The van der Waals surface area contributed by atoms with Crippen molar-refractivity contribution in [2.75, 3.05) is 39.3 Å². The first-order valence-corrected chi connectivity index (χ1v) is 13.4. The van der Waals surface area contributed by atoms with Gasteiger partial charge in [0.1, 0.15) is 17.6 Å². The Morgan fingerprint density at radius 3 is 2.02 bits per heavy atom. The summed E-state index contributed by atoms with van der Waals surface area (Å²) in [5.74, 6) is 0.0342. The maximum Gasteiger partial charge on any atom is 0.416 e. The van der Waals surface area contributed by atoms with E-state index in [0.29, 0.717) is 56.9 Å². The van der Waals surface area contributed by atoms with E-state index in [1.165, 1.54) is 4.90 Å². The maximum atomic E-state index is 13.1. The number of likely N-dealkylation sites (tertiary alicyclic amines) is 1. The SMILES string of the molecule is O=C(Cc1ccc2n[nH]nc2c1)N1CCC(N2CCN(C(=O)OCc3cc(C(F)(F)F)cc(C(F)(F)F)c3)CC2)CC1. The Morgan fingerprint density at radius 1 is 0.786 bits per heavy atom. The summed E-state index contributed by atoms with van der Waals surface area (Å²) in [6.07, 6.45) is -8.94. The second kappa shape index (κ2) is 11.8. The average molecular weight is 599 g/mol. The molecule has 2 aliphatic heterocycles. The summed E-state index contributed by atoms with van der Waals surface area (Å²) in [5.41, 5.74) is -1.02. The maximum absolute atomic E-state index is 13.1. The Hall–Kier alpha value is -3.88. The zero-order valence-corrected chi connectivity index (χ0v) is 22.3. The van der Waals surface area contributed by atoms with Crippen molar-refractivity contribution in [3.8, 4) is 0 Å². The lowest BCUT2D eigenvalue weighted by atomic mass is 10.0. The van der Waals surface area contributed by atoms with Gasteiger partial charge in [0.15, 0.2) is 0 Å². The predicted octanol–water partition coefficient (Wildman–Crippen LogP) is 4.48. The van der Waals surface area contributed by atoms with Crippen molar-refractivity contribution in [1.29, 1.82) is 0 Å². The number of carbonyl (C=O) groups is 2. The van der Waals surface area contributed by atoms with Gasteiger partial charge in [0.25, 0.3) is 0 Å². The Labute approximate surface area is 236 Å². The molecule has 2 aromatic carbocycles. The second-order valence-electron chi connectivity index (χ2n) is 10.4. The van der Waals surface area contributed by atoms with E-state index in [1.54, 1.807) is 0 Å². The van der Waals surface area contributed by atoms with E-state index in [-0.39, 0.29) is 24.4 Å². The number of fused-ring (bicyclic) bond motifs is 1. The molecule has 0 spiro atoms. The fourth-order valence-electron chi connectivity index (χ4n) is 5.37. The van der Waals surface area contributed by atoms with Crippen molar-refractivity contribution in [3.63, 3.8) is 0 Å². The highest BCUT2D eigenvalue weighted by molar-refractivity contribution is 5.81. The van der Waals surface area contributed by atoms with Crippen molar-refractivity contribution in [1.82, 2.24) is 30.1 Å². The van der Waals surface area contributed by atoms with Crippen LogP contribution in [0.3, 0.4) is 0 Å². The second-order valence-corrected chi connectivity index (χ2v) is 10.4. The molecule has 226 valence electrons. The fourth-order valence-corrected chi connectivity index (χ4v) is 5.37. The lowest BCUT2D eigenvalue weighted by Crippen LogP contribution is -2.54. The van der Waals surface area contributed by atoms with Crippen LogP contribution in [0.2, 0.25) is 0 Å². The third-order valence-corrected chi connectivity index (χ3v) is 7.65. The van der Waals surface area contributed by atoms with E-state index < -0.39 is 41.7 Å². The Balaban J connectivity index is 1.07. The minimum Gasteiger partial charge on any atom is -0.445 e. The van der Waals surface area contributed by atoms with E-state index in [1.807, 2.05) is 23.1 Å². The van der Waals surface area contributed by atoms with Gasteiger partial charge in [0.05, 0.1) is 17.5 Å². The number of rotatable bonds is 5. The molecule has 2 fully saturated rings. The number of piperidine rings is 1. The monoisotopic (exact) mass is 598 g/mol. The molecule has 0 radical (unpaired) electrons. The zero-order chi connectivity index (χ0) is 30.1. The largest absolute Gasteiger partial charge is 0.445 e. The number of alkyl halides is 6. The number of carbonyl (C=O) groups excluding carboxylic acids is 2. The van der Waals surface area contributed by atoms with Crippen LogP contribution in [0.15, 0.2) is 36.4 Å². The van der Waals surface area contributed by atoms with Crippen LogP contribution in [0, 0.1) is 0 Å². The Kier molecular flexibility index (Phi) is 8.30. The molecule has 0 atom stereocenters. The molecular formula is C27H28F6N6O3. The Morgan fingerprint density at radius 2 is 1.40 bits per heavy atom. The number of piperazine rings is 1. The quantitative estimate of drug-likeness (QED) is 0.436. The van der Waals surface area contributed by atoms with Crippen LogP contribution in [0.4, 0.5) is 31.1 Å². The molecule has 2 aliphatic rings. The zero-order valence-electron chi connectivity index (χ0n) is 22.3. The number of nitrogens with one attached hydrogen (secondary N) is 1. The molecule has 0 saturated carbocycles. The fraction of sp³-hybridized carbons (Fsp3) is 0.481. The van der Waals surface area contributed by atoms with Crippen LogP contribution >= 0.6 is 0 Å². The third-order valence-electron chi connectivity index (χ3n) is 7.65. The number of hydrogen-bond donors (Lipinski definition) is 1. The topological polar surface area (TPSA) is 94.7 Å². The highest BCUT2D eigenvalue weighted by atomic mass is 19.4. The number of amides is 2. The lowest BCUT2D eigenvalue weighted by Gasteiger charge is -2.42. The van der Waals surface area contributed by atoms with Crippen molar-refractivity contribution in [2.24, 2.45) is 0 Å². The summed E-state index contributed by atoms with van der Waals surface area (Å²) in [5, 5.41) is 10.6. The van der Waals surface area contributed by atoms with Gasteiger partial charge in [-0.25, -0.2) is 4.79 Å². The smallest absolute Gasteiger partial charge is 0.416 e. The number of halogens is 6. The molecule has 0 bridgehead atoms. The first-order valence-electron chi connectivity index (χ1n) is 13.4. The number of aromatic nitrogens is 3. The minimum absolute atomic E-state index is 0.0322. The molecule has 1 N–H and O–H groups in total. The van der Waals surface area contributed by atoms with Crippen LogP contribution < -0.4 is 0 Å². The molecule has 5 rings (SSSR count). The average Bonchev–Trinajstić information content (AvgIpc) is 3.43. The van der Waals surface area contributed by atoms with Gasteiger partial charge in [-0.3, -0.25) is 9.69 Å². The molecular weight excluding hydrogens is 570 g/mol. The lowest BCUT2D eigenvalue weighted by molar-refractivity contribution is -0.143. The molecule has 1 aromatic heterocycles. The summed E-state index contributed by atoms with van der Waals surface area (Å²) >= 11 is 0. The molecule has 15 heteroatoms. The number of nitrogens with zero attached hydrogens (tertiary/aromatic N) is 5. The molecule has 9 nitrogen and oxygen atoms in total. The molecule has 3 aromatic rings. The summed E-state index contributed by atoms with van der Waals surface area (Å²) < 4.78 is 83.6. The molecule has 2 saturated heterocycles. The predicted molar refractivity (Wildman–Crippen MR) is 137 cm³/mol. The molecule has 0 aliphatic carbocycles. The van der Waals surface area contributed by atoms with Gasteiger partial charge >= 0.3 is 18.4 Å². The van der Waals surface area contributed by atoms with Crippen LogP contribution in [0.5, 0.6) is 0 Å². The molecule has 0 unspecified atom stereocenters. The summed E-state index contributed by atoms with van der Waals surface area (Å²) in [6.45, 7) is 2.17. The van der Waals surface area contributed by atoms with Crippen LogP contribution in [0.1, 0.15) is 35.1 Å². The van der Waals surface area contributed by atoms with Gasteiger partial charge < -0.3 is 14.5 Å². The number of benzene rings is 2. The van der Waals surface area contributed by atoms with Crippen LogP contribution in [0.25, 0.3) is 11.0 Å². The van der Waals surface area contributed by atoms with Gasteiger partial charge in [-0.15, -0.1) is 0 Å². The normalized spacial score (nSPS) is 17.6. The summed E-state index contributed by atoms with van der Waals surface area (Å²) in [6, 6.07) is 6.87. The van der Waals surface area contributed by atoms with Crippen molar-refractivity contribution in [3.05, 3.63) is 58.7 Å². The van der Waals surface area contributed by atoms with Crippen LogP contribution in [-0.4, -0.2) is 87.4 Å². The highest BCUT2D eigenvalue weighted by Crippen LogP contribution is 2.36. The van der Waals surface area contributed by atoms with Crippen molar-refractivity contribution in [2.45, 2.75) is 44.3 Å². The van der Waals surface area contributed by atoms with E-state index >= 15 is 0 Å². The number of ether oxygens (including phenoxy) is 1. The van der Waals surface area contributed by atoms with Gasteiger partial charge in [-0.1, -0.05) is 6.07 Å². The van der Waals surface area contributed by atoms with E-state index in [2.05, 4.69) is 20.3 Å². The van der Waals surface area contributed by atoms with E-state index in [4.69, 9.17) is 4.74 Å². The van der Waals surface area contributed by atoms with Gasteiger partial charge in [0, 0.05) is 45.3 Å². The number of aromatic amines is 1. The minimum atomic E-state index is -4.98. The van der Waals surface area contributed by atoms with E-state index in [0.717, 1.165) is 23.9 Å². The Bertz CT molecular complexity index is 1390. The standard InChI is InChI=1S/C27H28F6N6O3/c28-26(29,30)19-11-18(12-20(15-19)27(31,32)33)16-42-25(41)39-9-7-37(8-10-39)21-3-5-38(6-4-21)24(40)14-17-1-2-22-23(13-17)35-36-34-22/h1-2,11-13,15,21H,3-10,14,16H2,(H,34,35,36). The molecule has 2 amide bonds. The van der Waals surface area contributed by atoms with Crippen molar-refractivity contribution >= 4 is 23.0 Å². The first kappa shape index (κ1) is 29.6. The van der Waals surface area contributed by atoms with Crippen molar-refractivity contribution < 1.29 is 40.7 Å². The molecule has 42 heavy (non-hydrogen) atoms. The van der Waals surface area contributed by atoms with Crippen LogP contribution in [-0.2, 0) is 34.9 Å². The van der Waals surface area contributed by atoms with E-state index in [9.17, 15) is 35.9 Å². The number of H-pyrrole nitrogens is 1.